The fourth-order valence-electron chi connectivity index (χ4n) is 1.50. The third-order valence-corrected chi connectivity index (χ3v) is 2.30. The van der Waals surface area contributed by atoms with Crippen molar-refractivity contribution < 1.29 is 18.0 Å². The SMILES string of the molecule is CN(C)Cc1ccccc1CNC(=O)C(F)(F)F. The topological polar surface area (TPSA) is 32.3 Å². The van der Waals surface area contributed by atoms with E-state index >= 15 is 0 Å². The molecule has 0 heterocycles. The molecule has 1 aromatic rings. The highest BCUT2D eigenvalue weighted by Gasteiger charge is 2.38. The number of hydrogen-bond donors (Lipinski definition) is 1. The Bertz CT molecular complexity index is 416. The van der Waals surface area contributed by atoms with E-state index < -0.39 is 12.1 Å². The molecule has 18 heavy (non-hydrogen) atoms. The number of amides is 1. The number of carbonyl (C=O) groups is 1. The number of nitrogens with zero attached hydrogens (tertiary/aromatic N) is 1. The van der Waals surface area contributed by atoms with Crippen molar-refractivity contribution in [1.82, 2.24) is 10.2 Å². The summed E-state index contributed by atoms with van der Waals surface area (Å²) in [6.45, 7) is 0.487. The molecule has 0 radical (unpaired) electrons. The van der Waals surface area contributed by atoms with Gasteiger partial charge in [0.05, 0.1) is 0 Å². The Hall–Kier alpha value is -1.56. The van der Waals surface area contributed by atoms with Gasteiger partial charge in [-0.15, -0.1) is 0 Å². The van der Waals surface area contributed by atoms with Gasteiger partial charge < -0.3 is 10.2 Å². The van der Waals surface area contributed by atoms with Crippen LogP contribution in [0.3, 0.4) is 0 Å². The highest BCUT2D eigenvalue weighted by atomic mass is 19.4. The Morgan fingerprint density at radius 3 is 2.28 bits per heavy atom. The Labute approximate surface area is 104 Å². The Morgan fingerprint density at radius 2 is 1.78 bits per heavy atom. The van der Waals surface area contributed by atoms with Crippen molar-refractivity contribution in [1.29, 1.82) is 0 Å². The molecule has 0 atom stereocenters. The van der Waals surface area contributed by atoms with Crippen LogP contribution in [-0.2, 0) is 17.9 Å². The van der Waals surface area contributed by atoms with E-state index in [1.165, 1.54) is 0 Å². The third kappa shape index (κ3) is 4.37. The standard InChI is InChI=1S/C12H15F3N2O/c1-17(2)8-10-6-4-3-5-9(10)7-16-11(18)12(13,14)15/h3-6H,7-8H2,1-2H3,(H,16,18). The number of rotatable bonds is 4. The van der Waals surface area contributed by atoms with Crippen LogP contribution in [0.2, 0.25) is 0 Å². The summed E-state index contributed by atoms with van der Waals surface area (Å²) in [4.78, 5) is 12.6. The molecule has 1 rings (SSSR count). The molecule has 0 bridgehead atoms. The number of halogens is 3. The molecule has 0 fully saturated rings. The quantitative estimate of drug-likeness (QED) is 0.897. The predicted molar refractivity (Wildman–Crippen MR) is 61.7 cm³/mol. The van der Waals surface area contributed by atoms with Crippen molar-refractivity contribution in [2.45, 2.75) is 19.3 Å². The summed E-state index contributed by atoms with van der Waals surface area (Å²) in [7, 11) is 3.73. The summed E-state index contributed by atoms with van der Waals surface area (Å²) in [5, 5.41) is 1.87. The molecule has 1 N–H and O–H groups in total. The minimum Gasteiger partial charge on any atom is -0.344 e. The van der Waals surface area contributed by atoms with Gasteiger partial charge in [-0.25, -0.2) is 0 Å². The summed E-state index contributed by atoms with van der Waals surface area (Å²) in [6.07, 6.45) is -4.84. The van der Waals surface area contributed by atoms with Gasteiger partial charge in [-0.1, -0.05) is 24.3 Å². The molecule has 0 saturated carbocycles. The summed E-state index contributed by atoms with van der Waals surface area (Å²) >= 11 is 0. The first-order valence-corrected chi connectivity index (χ1v) is 5.37. The van der Waals surface area contributed by atoms with E-state index in [9.17, 15) is 18.0 Å². The molecule has 0 aliphatic carbocycles. The third-order valence-electron chi connectivity index (χ3n) is 2.30. The van der Waals surface area contributed by atoms with Crippen molar-refractivity contribution >= 4 is 5.91 Å². The molecule has 6 heteroatoms. The van der Waals surface area contributed by atoms with Crippen LogP contribution in [0.15, 0.2) is 24.3 Å². The van der Waals surface area contributed by atoms with E-state index in [-0.39, 0.29) is 6.54 Å². The lowest BCUT2D eigenvalue weighted by Crippen LogP contribution is -2.36. The first-order chi connectivity index (χ1) is 8.30. The van der Waals surface area contributed by atoms with Gasteiger partial charge in [-0.2, -0.15) is 13.2 Å². The first kappa shape index (κ1) is 14.5. The minimum atomic E-state index is -4.84. The fourth-order valence-corrected chi connectivity index (χ4v) is 1.50. The molecule has 100 valence electrons. The minimum absolute atomic E-state index is 0.123. The number of hydrogen-bond acceptors (Lipinski definition) is 2. The van der Waals surface area contributed by atoms with Crippen molar-refractivity contribution in [2.75, 3.05) is 14.1 Å². The number of alkyl halides is 3. The van der Waals surface area contributed by atoms with Gasteiger partial charge in [0, 0.05) is 13.1 Å². The van der Waals surface area contributed by atoms with Crippen LogP contribution in [0.25, 0.3) is 0 Å². The van der Waals surface area contributed by atoms with E-state index in [0.717, 1.165) is 5.56 Å². The normalized spacial score (nSPS) is 11.7. The van der Waals surface area contributed by atoms with Crippen LogP contribution in [0.1, 0.15) is 11.1 Å². The fraction of sp³-hybridized carbons (Fsp3) is 0.417. The Balaban J connectivity index is 2.70. The number of nitrogens with one attached hydrogen (secondary N) is 1. The van der Waals surface area contributed by atoms with Gasteiger partial charge in [-0.3, -0.25) is 4.79 Å². The lowest BCUT2D eigenvalue weighted by atomic mass is 10.1. The zero-order chi connectivity index (χ0) is 13.8. The molecular formula is C12H15F3N2O. The molecule has 0 aliphatic heterocycles. The van der Waals surface area contributed by atoms with Gasteiger partial charge in [0.15, 0.2) is 0 Å². The van der Waals surface area contributed by atoms with E-state index in [1.807, 2.05) is 36.4 Å². The van der Waals surface area contributed by atoms with Crippen molar-refractivity contribution in [2.24, 2.45) is 0 Å². The maximum atomic E-state index is 12.0. The van der Waals surface area contributed by atoms with E-state index in [1.54, 1.807) is 12.1 Å². The maximum Gasteiger partial charge on any atom is 0.471 e. The second-order valence-electron chi connectivity index (χ2n) is 4.19. The van der Waals surface area contributed by atoms with E-state index in [4.69, 9.17) is 0 Å². The van der Waals surface area contributed by atoms with Crippen molar-refractivity contribution in [3.8, 4) is 0 Å². The predicted octanol–water partition coefficient (Wildman–Crippen LogP) is 1.93. The largest absolute Gasteiger partial charge is 0.471 e. The van der Waals surface area contributed by atoms with Crippen LogP contribution in [0.5, 0.6) is 0 Å². The van der Waals surface area contributed by atoms with Gasteiger partial charge in [0.1, 0.15) is 0 Å². The van der Waals surface area contributed by atoms with Crippen molar-refractivity contribution in [3.05, 3.63) is 35.4 Å². The van der Waals surface area contributed by atoms with Crippen LogP contribution < -0.4 is 5.32 Å². The molecule has 1 aromatic carbocycles. The molecule has 0 unspecified atom stereocenters. The van der Waals surface area contributed by atoms with Gasteiger partial charge in [-0.05, 0) is 25.2 Å². The number of carbonyl (C=O) groups excluding carboxylic acids is 1. The molecule has 0 saturated heterocycles. The second kappa shape index (κ2) is 5.86. The van der Waals surface area contributed by atoms with Crippen LogP contribution in [0, 0.1) is 0 Å². The van der Waals surface area contributed by atoms with Crippen LogP contribution in [0.4, 0.5) is 13.2 Å². The zero-order valence-corrected chi connectivity index (χ0v) is 10.2. The average molecular weight is 260 g/mol. The van der Waals surface area contributed by atoms with Gasteiger partial charge in [0.25, 0.3) is 0 Å². The van der Waals surface area contributed by atoms with Gasteiger partial charge in [0.2, 0.25) is 0 Å². The Kier molecular flexibility index (Phi) is 4.72. The summed E-state index contributed by atoms with van der Waals surface area (Å²) in [5.74, 6) is -1.91. The van der Waals surface area contributed by atoms with Crippen LogP contribution in [-0.4, -0.2) is 31.1 Å². The monoisotopic (exact) mass is 260 g/mol. The molecular weight excluding hydrogens is 245 g/mol. The molecule has 0 aliphatic rings. The number of benzene rings is 1. The highest BCUT2D eigenvalue weighted by molar-refractivity contribution is 5.81. The second-order valence-corrected chi connectivity index (χ2v) is 4.19. The summed E-state index contributed by atoms with van der Waals surface area (Å²) in [5.41, 5.74) is 1.58. The zero-order valence-electron chi connectivity index (χ0n) is 10.2. The molecule has 0 spiro atoms. The maximum absolute atomic E-state index is 12.0. The first-order valence-electron chi connectivity index (χ1n) is 5.37. The highest BCUT2D eigenvalue weighted by Crippen LogP contribution is 2.15. The molecule has 1 amide bonds. The summed E-state index contributed by atoms with van der Waals surface area (Å²) < 4.78 is 36.1. The average Bonchev–Trinajstić information content (AvgIpc) is 2.25. The molecule has 0 aromatic heterocycles. The lowest BCUT2D eigenvalue weighted by molar-refractivity contribution is -0.173. The smallest absolute Gasteiger partial charge is 0.344 e. The Morgan fingerprint density at radius 1 is 1.22 bits per heavy atom. The van der Waals surface area contributed by atoms with Crippen molar-refractivity contribution in [3.63, 3.8) is 0 Å². The lowest BCUT2D eigenvalue weighted by Gasteiger charge is -2.15. The summed E-state index contributed by atoms with van der Waals surface area (Å²) in [6, 6.07) is 7.08. The van der Waals surface area contributed by atoms with Crippen LogP contribution >= 0.6 is 0 Å². The van der Waals surface area contributed by atoms with E-state index in [2.05, 4.69) is 0 Å². The van der Waals surface area contributed by atoms with E-state index in [0.29, 0.717) is 12.1 Å². The molecule has 3 nitrogen and oxygen atoms in total. The van der Waals surface area contributed by atoms with Gasteiger partial charge >= 0.3 is 12.1 Å².